The van der Waals surface area contributed by atoms with Gasteiger partial charge in [0.15, 0.2) is 5.82 Å². The number of nitrogens with zero attached hydrogens (tertiary/aromatic N) is 4. The van der Waals surface area contributed by atoms with E-state index >= 15 is 0 Å². The van der Waals surface area contributed by atoms with Gasteiger partial charge in [-0.1, -0.05) is 0 Å². The number of furan rings is 1. The summed E-state index contributed by atoms with van der Waals surface area (Å²) >= 11 is 0. The SMILES string of the molecule is COC(=O)c1oc([C@@H](C)N2CCCN(c3cccnn3)CC2)cc1C. The summed E-state index contributed by atoms with van der Waals surface area (Å²) in [5, 5.41) is 8.17. The van der Waals surface area contributed by atoms with Gasteiger partial charge in [0.25, 0.3) is 0 Å². The van der Waals surface area contributed by atoms with Crippen LogP contribution in [-0.4, -0.2) is 54.4 Å². The van der Waals surface area contributed by atoms with E-state index in [1.54, 1.807) is 6.20 Å². The molecule has 0 bridgehead atoms. The molecule has 0 N–H and O–H groups in total. The Bertz CT molecular complexity index is 716. The van der Waals surface area contributed by atoms with Crippen LogP contribution in [0.2, 0.25) is 0 Å². The second-order valence-electron chi connectivity index (χ2n) is 6.29. The summed E-state index contributed by atoms with van der Waals surface area (Å²) < 4.78 is 10.6. The van der Waals surface area contributed by atoms with Crippen LogP contribution in [-0.2, 0) is 4.74 Å². The average Bonchev–Trinajstić information content (AvgIpc) is 2.87. The third kappa shape index (κ3) is 3.82. The van der Waals surface area contributed by atoms with Crippen molar-refractivity contribution in [1.82, 2.24) is 15.1 Å². The second-order valence-corrected chi connectivity index (χ2v) is 6.29. The van der Waals surface area contributed by atoms with Gasteiger partial charge < -0.3 is 14.1 Å². The number of aryl methyl sites for hydroxylation is 1. The van der Waals surface area contributed by atoms with Crippen LogP contribution in [0.15, 0.2) is 28.8 Å². The van der Waals surface area contributed by atoms with E-state index in [1.165, 1.54) is 7.11 Å². The van der Waals surface area contributed by atoms with E-state index in [0.29, 0.717) is 5.76 Å². The summed E-state index contributed by atoms with van der Waals surface area (Å²) in [6.45, 7) is 7.66. The molecule has 0 spiro atoms. The summed E-state index contributed by atoms with van der Waals surface area (Å²) in [7, 11) is 1.36. The molecular weight excluding hydrogens is 320 g/mol. The number of methoxy groups -OCH3 is 1. The fourth-order valence-electron chi connectivity index (χ4n) is 3.20. The van der Waals surface area contributed by atoms with Gasteiger partial charge >= 0.3 is 5.97 Å². The van der Waals surface area contributed by atoms with E-state index in [-0.39, 0.29) is 6.04 Å². The molecule has 1 atom stereocenters. The second kappa shape index (κ2) is 7.65. The first-order valence-electron chi connectivity index (χ1n) is 8.55. The number of esters is 1. The molecule has 1 saturated heterocycles. The van der Waals surface area contributed by atoms with Gasteiger partial charge in [-0.3, -0.25) is 4.90 Å². The minimum atomic E-state index is -0.430. The fourth-order valence-corrected chi connectivity index (χ4v) is 3.20. The minimum Gasteiger partial charge on any atom is -0.463 e. The zero-order valence-corrected chi connectivity index (χ0v) is 14.9. The number of carbonyl (C=O) groups is 1. The van der Waals surface area contributed by atoms with Crippen LogP contribution < -0.4 is 4.90 Å². The van der Waals surface area contributed by atoms with Crippen molar-refractivity contribution in [3.63, 3.8) is 0 Å². The first-order valence-corrected chi connectivity index (χ1v) is 8.55. The molecule has 0 amide bonds. The van der Waals surface area contributed by atoms with Gasteiger partial charge in [-0.15, -0.1) is 5.10 Å². The maximum absolute atomic E-state index is 11.8. The van der Waals surface area contributed by atoms with Crippen LogP contribution >= 0.6 is 0 Å². The van der Waals surface area contributed by atoms with Crippen molar-refractivity contribution in [2.75, 3.05) is 38.2 Å². The maximum atomic E-state index is 11.8. The zero-order valence-electron chi connectivity index (χ0n) is 14.9. The van der Waals surface area contributed by atoms with Crippen molar-refractivity contribution in [3.8, 4) is 0 Å². The van der Waals surface area contributed by atoms with Crippen LogP contribution in [0.4, 0.5) is 5.82 Å². The Labute approximate surface area is 147 Å². The quantitative estimate of drug-likeness (QED) is 0.789. The number of anilines is 1. The molecule has 25 heavy (non-hydrogen) atoms. The maximum Gasteiger partial charge on any atom is 0.374 e. The first kappa shape index (κ1) is 17.4. The Balaban J connectivity index is 1.69. The minimum absolute atomic E-state index is 0.0962. The van der Waals surface area contributed by atoms with Crippen molar-refractivity contribution in [1.29, 1.82) is 0 Å². The Morgan fingerprint density at radius 1 is 1.32 bits per heavy atom. The third-order valence-corrected chi connectivity index (χ3v) is 4.68. The molecule has 0 aliphatic carbocycles. The fraction of sp³-hybridized carbons (Fsp3) is 0.500. The highest BCUT2D eigenvalue weighted by molar-refractivity contribution is 5.87. The number of aromatic nitrogens is 2. The van der Waals surface area contributed by atoms with Crippen LogP contribution in [0, 0.1) is 6.92 Å². The summed E-state index contributed by atoms with van der Waals surface area (Å²) in [5.41, 5.74) is 0.810. The summed E-state index contributed by atoms with van der Waals surface area (Å²) in [4.78, 5) is 16.4. The molecule has 1 fully saturated rings. The monoisotopic (exact) mass is 344 g/mol. The Hall–Kier alpha value is -2.41. The van der Waals surface area contributed by atoms with Gasteiger partial charge in [0, 0.05) is 37.9 Å². The van der Waals surface area contributed by atoms with Gasteiger partial charge in [0.2, 0.25) is 5.76 Å². The highest BCUT2D eigenvalue weighted by Crippen LogP contribution is 2.27. The molecule has 1 aliphatic rings. The first-order chi connectivity index (χ1) is 12.1. The van der Waals surface area contributed by atoms with Gasteiger partial charge in [-0.05, 0) is 38.5 Å². The van der Waals surface area contributed by atoms with E-state index in [1.807, 2.05) is 25.1 Å². The van der Waals surface area contributed by atoms with Crippen molar-refractivity contribution < 1.29 is 13.9 Å². The van der Waals surface area contributed by atoms with E-state index in [4.69, 9.17) is 9.15 Å². The molecule has 0 unspecified atom stereocenters. The highest BCUT2D eigenvalue weighted by Gasteiger charge is 2.25. The summed E-state index contributed by atoms with van der Waals surface area (Å²) in [5.74, 6) is 1.57. The largest absolute Gasteiger partial charge is 0.463 e. The Kier molecular flexibility index (Phi) is 5.33. The molecule has 3 rings (SSSR count). The van der Waals surface area contributed by atoms with Crippen LogP contribution in [0.1, 0.15) is 41.3 Å². The van der Waals surface area contributed by atoms with Gasteiger partial charge in [0.1, 0.15) is 5.76 Å². The smallest absolute Gasteiger partial charge is 0.374 e. The topological polar surface area (TPSA) is 71.7 Å². The molecule has 7 heteroatoms. The summed E-state index contributed by atoms with van der Waals surface area (Å²) in [6, 6.07) is 5.93. The Morgan fingerprint density at radius 3 is 2.88 bits per heavy atom. The number of rotatable bonds is 4. The lowest BCUT2D eigenvalue weighted by Crippen LogP contribution is -2.32. The zero-order chi connectivity index (χ0) is 17.8. The standard InChI is InChI=1S/C18H24N4O3/c1-13-12-15(25-17(13)18(23)24-3)14(2)21-8-5-9-22(11-10-21)16-6-4-7-19-20-16/h4,6-7,12,14H,5,8-11H2,1-3H3/t14-/m1/s1. The average molecular weight is 344 g/mol. The molecule has 0 saturated carbocycles. The molecule has 3 heterocycles. The molecule has 134 valence electrons. The molecule has 0 aromatic carbocycles. The molecule has 2 aromatic heterocycles. The predicted molar refractivity (Wildman–Crippen MR) is 93.6 cm³/mol. The molecule has 2 aromatic rings. The van der Waals surface area contributed by atoms with Crippen molar-refractivity contribution in [3.05, 3.63) is 41.5 Å². The van der Waals surface area contributed by atoms with E-state index in [0.717, 1.165) is 49.7 Å². The van der Waals surface area contributed by atoms with Crippen molar-refractivity contribution in [2.45, 2.75) is 26.3 Å². The summed E-state index contributed by atoms with van der Waals surface area (Å²) in [6.07, 6.45) is 2.72. The lowest BCUT2D eigenvalue weighted by atomic mass is 10.2. The number of hydrogen-bond donors (Lipinski definition) is 0. The number of hydrogen-bond acceptors (Lipinski definition) is 7. The predicted octanol–water partition coefficient (Wildman–Crippen LogP) is 2.44. The van der Waals surface area contributed by atoms with Crippen LogP contribution in [0.25, 0.3) is 0 Å². The third-order valence-electron chi connectivity index (χ3n) is 4.68. The number of ether oxygens (including phenoxy) is 1. The van der Waals surface area contributed by atoms with Crippen molar-refractivity contribution in [2.24, 2.45) is 0 Å². The molecular formula is C18H24N4O3. The van der Waals surface area contributed by atoms with Crippen LogP contribution in [0.3, 0.4) is 0 Å². The normalized spacial score (nSPS) is 17.2. The lowest BCUT2D eigenvalue weighted by Gasteiger charge is -2.26. The van der Waals surface area contributed by atoms with Gasteiger partial charge in [0.05, 0.1) is 13.2 Å². The number of carbonyl (C=O) groups excluding carboxylic acids is 1. The van der Waals surface area contributed by atoms with Gasteiger partial charge in [-0.2, -0.15) is 5.10 Å². The van der Waals surface area contributed by atoms with Crippen molar-refractivity contribution >= 4 is 11.8 Å². The van der Waals surface area contributed by atoms with E-state index < -0.39 is 5.97 Å². The van der Waals surface area contributed by atoms with E-state index in [2.05, 4.69) is 26.9 Å². The van der Waals surface area contributed by atoms with E-state index in [9.17, 15) is 4.79 Å². The van der Waals surface area contributed by atoms with Gasteiger partial charge in [-0.25, -0.2) is 4.79 Å². The molecule has 7 nitrogen and oxygen atoms in total. The molecule has 1 aliphatic heterocycles. The Morgan fingerprint density at radius 2 is 2.16 bits per heavy atom. The van der Waals surface area contributed by atoms with Crippen LogP contribution in [0.5, 0.6) is 0 Å². The lowest BCUT2D eigenvalue weighted by molar-refractivity contribution is 0.0558. The molecule has 0 radical (unpaired) electrons. The highest BCUT2D eigenvalue weighted by atomic mass is 16.5.